The van der Waals surface area contributed by atoms with E-state index in [9.17, 15) is 31.2 Å². The van der Waals surface area contributed by atoms with Gasteiger partial charge in [-0.1, -0.05) is 6.07 Å². The maximum Gasteiger partial charge on any atom is 0.416 e. The molecule has 30 heavy (non-hydrogen) atoms. The van der Waals surface area contributed by atoms with E-state index in [1.165, 1.54) is 30.3 Å². The van der Waals surface area contributed by atoms with E-state index in [1.807, 2.05) is 0 Å². The molecule has 2 rings (SSSR count). The van der Waals surface area contributed by atoms with E-state index in [0.29, 0.717) is 0 Å². The fraction of sp³-hybridized carbons (Fsp3) is 0.263. The quantitative estimate of drug-likeness (QED) is 0.612. The van der Waals surface area contributed by atoms with E-state index < -0.39 is 40.1 Å². The number of sulfonamides is 1. The van der Waals surface area contributed by atoms with Crippen molar-refractivity contribution in [3.63, 3.8) is 0 Å². The van der Waals surface area contributed by atoms with Crippen molar-refractivity contribution in [2.45, 2.75) is 31.0 Å². The lowest BCUT2D eigenvalue weighted by molar-refractivity contribution is -0.137. The average Bonchev–Trinajstić information content (AvgIpc) is 2.65. The van der Waals surface area contributed by atoms with Gasteiger partial charge in [0.25, 0.3) is 5.91 Å². The van der Waals surface area contributed by atoms with Crippen LogP contribution in [-0.4, -0.2) is 32.8 Å². The van der Waals surface area contributed by atoms with Gasteiger partial charge in [-0.2, -0.15) is 13.2 Å². The Hall–Kier alpha value is -2.92. The SMILES string of the molecule is CC(C)NS(=O)(=O)c1ccc(C(=O)NCC(=O)Nc2cccc(C(F)(F)F)c2)cc1. The number of halogens is 3. The van der Waals surface area contributed by atoms with E-state index in [4.69, 9.17) is 0 Å². The first-order valence-corrected chi connectivity index (χ1v) is 10.2. The summed E-state index contributed by atoms with van der Waals surface area (Å²) in [5.41, 5.74) is -0.854. The van der Waals surface area contributed by atoms with Gasteiger partial charge in [0, 0.05) is 17.3 Å². The minimum Gasteiger partial charge on any atom is -0.343 e. The summed E-state index contributed by atoms with van der Waals surface area (Å²) < 4.78 is 64.6. The molecule has 0 spiro atoms. The van der Waals surface area contributed by atoms with Crippen LogP contribution in [0.3, 0.4) is 0 Å². The Kier molecular flexibility index (Phi) is 7.21. The summed E-state index contributed by atoms with van der Waals surface area (Å²) >= 11 is 0. The lowest BCUT2D eigenvalue weighted by Crippen LogP contribution is -2.33. The fourth-order valence-corrected chi connectivity index (χ4v) is 3.66. The zero-order valence-electron chi connectivity index (χ0n) is 16.1. The normalized spacial score (nSPS) is 11.9. The van der Waals surface area contributed by atoms with Gasteiger partial charge in [-0.3, -0.25) is 9.59 Å². The zero-order valence-corrected chi connectivity index (χ0v) is 16.9. The summed E-state index contributed by atoms with van der Waals surface area (Å²) in [6.45, 7) is 2.86. The molecule has 2 amide bonds. The van der Waals surface area contributed by atoms with Crippen LogP contribution in [0.2, 0.25) is 0 Å². The molecule has 0 fully saturated rings. The second-order valence-electron chi connectivity index (χ2n) is 6.61. The number of hydrogen-bond donors (Lipinski definition) is 3. The van der Waals surface area contributed by atoms with Crippen molar-refractivity contribution in [3.05, 3.63) is 59.7 Å². The Morgan fingerprint density at radius 2 is 1.67 bits per heavy atom. The molecule has 0 saturated heterocycles. The minimum absolute atomic E-state index is 0.0185. The van der Waals surface area contributed by atoms with Crippen molar-refractivity contribution in [2.24, 2.45) is 0 Å². The van der Waals surface area contributed by atoms with Crippen molar-refractivity contribution in [1.29, 1.82) is 0 Å². The summed E-state index contributed by atoms with van der Waals surface area (Å²) in [6.07, 6.45) is -4.54. The molecule has 162 valence electrons. The molecule has 7 nitrogen and oxygen atoms in total. The number of benzene rings is 2. The highest BCUT2D eigenvalue weighted by molar-refractivity contribution is 7.89. The molecule has 2 aromatic rings. The van der Waals surface area contributed by atoms with Crippen LogP contribution in [-0.2, 0) is 21.0 Å². The maximum atomic E-state index is 12.7. The molecule has 0 saturated carbocycles. The summed E-state index contributed by atoms with van der Waals surface area (Å²) in [5, 5.41) is 4.58. The lowest BCUT2D eigenvalue weighted by Gasteiger charge is -2.11. The Morgan fingerprint density at radius 3 is 2.23 bits per heavy atom. The third kappa shape index (κ3) is 6.56. The Balaban J connectivity index is 1.95. The first-order chi connectivity index (χ1) is 13.9. The minimum atomic E-state index is -4.54. The van der Waals surface area contributed by atoms with Crippen LogP contribution in [0.25, 0.3) is 0 Å². The van der Waals surface area contributed by atoms with Crippen LogP contribution in [0, 0.1) is 0 Å². The number of carbonyl (C=O) groups is 2. The highest BCUT2D eigenvalue weighted by Gasteiger charge is 2.30. The summed E-state index contributed by atoms with van der Waals surface area (Å²) in [5.74, 6) is -1.36. The molecule has 0 heterocycles. The number of anilines is 1. The maximum absolute atomic E-state index is 12.7. The molecule has 0 aromatic heterocycles. The molecule has 0 radical (unpaired) electrons. The van der Waals surface area contributed by atoms with E-state index >= 15 is 0 Å². The zero-order chi connectivity index (χ0) is 22.5. The second-order valence-corrected chi connectivity index (χ2v) is 8.32. The van der Waals surface area contributed by atoms with Crippen LogP contribution < -0.4 is 15.4 Å². The molecule has 0 aliphatic heterocycles. The summed E-state index contributed by atoms with van der Waals surface area (Å²) in [7, 11) is -3.70. The van der Waals surface area contributed by atoms with Gasteiger partial charge in [0.15, 0.2) is 0 Å². The largest absolute Gasteiger partial charge is 0.416 e. The fourth-order valence-electron chi connectivity index (χ4n) is 2.40. The van der Waals surface area contributed by atoms with Gasteiger partial charge in [0.2, 0.25) is 15.9 Å². The predicted octanol–water partition coefficient (Wildman–Crippen LogP) is 2.76. The van der Waals surface area contributed by atoms with Crippen LogP contribution in [0.15, 0.2) is 53.4 Å². The average molecular weight is 443 g/mol. The van der Waals surface area contributed by atoms with E-state index in [1.54, 1.807) is 13.8 Å². The van der Waals surface area contributed by atoms with Crippen molar-refractivity contribution in [3.8, 4) is 0 Å². The van der Waals surface area contributed by atoms with Crippen LogP contribution in [0.1, 0.15) is 29.8 Å². The van der Waals surface area contributed by atoms with Gasteiger partial charge in [0.1, 0.15) is 0 Å². The van der Waals surface area contributed by atoms with Crippen LogP contribution in [0.5, 0.6) is 0 Å². The van der Waals surface area contributed by atoms with E-state index in [2.05, 4.69) is 15.4 Å². The van der Waals surface area contributed by atoms with Crippen molar-refractivity contribution >= 4 is 27.5 Å². The van der Waals surface area contributed by atoms with E-state index in [0.717, 1.165) is 18.2 Å². The first-order valence-electron chi connectivity index (χ1n) is 8.76. The summed E-state index contributed by atoms with van der Waals surface area (Å²) in [6, 6.07) is 8.88. The third-order valence-corrected chi connectivity index (χ3v) is 5.38. The van der Waals surface area contributed by atoms with Crippen molar-refractivity contribution in [2.75, 3.05) is 11.9 Å². The molecule has 0 aliphatic rings. The molecule has 0 aliphatic carbocycles. The molecule has 11 heteroatoms. The predicted molar refractivity (Wildman–Crippen MR) is 104 cm³/mol. The van der Waals surface area contributed by atoms with Gasteiger partial charge in [-0.15, -0.1) is 0 Å². The molecular formula is C19H20F3N3O4S. The Labute approximate surface area is 171 Å². The van der Waals surface area contributed by atoms with Gasteiger partial charge in [-0.25, -0.2) is 13.1 Å². The molecule has 3 N–H and O–H groups in total. The Bertz CT molecular complexity index is 1020. The molecule has 0 unspecified atom stereocenters. The highest BCUT2D eigenvalue weighted by Crippen LogP contribution is 2.30. The lowest BCUT2D eigenvalue weighted by atomic mass is 10.2. The second kappa shape index (κ2) is 9.26. The number of nitrogens with one attached hydrogen (secondary N) is 3. The number of carbonyl (C=O) groups excluding carboxylic acids is 2. The van der Waals surface area contributed by atoms with Gasteiger partial charge < -0.3 is 10.6 Å². The summed E-state index contributed by atoms with van der Waals surface area (Å²) in [4.78, 5) is 24.0. The third-order valence-electron chi connectivity index (χ3n) is 3.70. The van der Waals surface area contributed by atoms with Gasteiger partial charge >= 0.3 is 6.18 Å². The topological polar surface area (TPSA) is 104 Å². The number of rotatable bonds is 7. The standard InChI is InChI=1S/C19H20F3N3O4S/c1-12(2)25-30(28,29)16-8-6-13(7-9-16)18(27)23-11-17(26)24-15-5-3-4-14(10-15)19(20,21)22/h3-10,12,25H,11H2,1-2H3,(H,23,27)(H,24,26). The van der Waals surface area contributed by atoms with Crippen molar-refractivity contribution in [1.82, 2.24) is 10.0 Å². The monoisotopic (exact) mass is 443 g/mol. The van der Waals surface area contributed by atoms with Crippen LogP contribution >= 0.6 is 0 Å². The number of amides is 2. The van der Waals surface area contributed by atoms with E-state index in [-0.39, 0.29) is 22.2 Å². The molecule has 0 atom stereocenters. The Morgan fingerprint density at radius 1 is 1.03 bits per heavy atom. The number of alkyl halides is 3. The van der Waals surface area contributed by atoms with Crippen LogP contribution in [0.4, 0.5) is 18.9 Å². The smallest absolute Gasteiger partial charge is 0.343 e. The first kappa shape index (κ1) is 23.4. The highest BCUT2D eigenvalue weighted by atomic mass is 32.2. The molecular weight excluding hydrogens is 423 g/mol. The molecule has 0 bridgehead atoms. The van der Waals surface area contributed by atoms with Gasteiger partial charge in [-0.05, 0) is 56.3 Å². The molecule has 2 aromatic carbocycles. The van der Waals surface area contributed by atoms with Gasteiger partial charge in [0.05, 0.1) is 17.0 Å². The number of hydrogen-bond acceptors (Lipinski definition) is 4. The van der Waals surface area contributed by atoms with Crippen molar-refractivity contribution < 1.29 is 31.2 Å².